The number of rotatable bonds is 3. The Bertz CT molecular complexity index is 235. The molecule has 0 atom stereocenters. The first-order valence-electron chi connectivity index (χ1n) is 7.64. The molecule has 18 heavy (non-hydrogen) atoms. The van der Waals surface area contributed by atoms with Gasteiger partial charge >= 0.3 is 0 Å². The maximum Gasteiger partial charge on any atom is 0.0480 e. The van der Waals surface area contributed by atoms with Crippen molar-refractivity contribution in [2.24, 2.45) is 0 Å². The minimum atomic E-state index is 0.256. The fraction of sp³-hybridized carbons (Fsp3) is 1.00. The summed E-state index contributed by atoms with van der Waals surface area (Å²) in [6.07, 6.45) is 7.67. The van der Waals surface area contributed by atoms with Gasteiger partial charge in [0.25, 0.3) is 0 Å². The number of nitrogens with one attached hydrogen (secondary N) is 2. The second-order valence-corrected chi connectivity index (χ2v) is 7.00. The summed E-state index contributed by atoms with van der Waals surface area (Å²) in [4.78, 5) is 0. The van der Waals surface area contributed by atoms with E-state index >= 15 is 0 Å². The quantitative estimate of drug-likeness (QED) is 0.811. The predicted octanol–water partition coefficient (Wildman–Crippen LogP) is 2.45. The van der Waals surface area contributed by atoms with Gasteiger partial charge in [0.1, 0.15) is 0 Å². The van der Waals surface area contributed by atoms with Gasteiger partial charge < -0.3 is 15.4 Å². The zero-order valence-electron chi connectivity index (χ0n) is 12.3. The summed E-state index contributed by atoms with van der Waals surface area (Å²) in [5.74, 6) is 0. The molecule has 0 aromatic heterocycles. The summed E-state index contributed by atoms with van der Waals surface area (Å²) in [7, 11) is 0. The molecule has 0 unspecified atom stereocenters. The lowest BCUT2D eigenvalue weighted by Gasteiger charge is -2.36. The summed E-state index contributed by atoms with van der Waals surface area (Å²) in [6, 6.07) is 2.17. The fourth-order valence-electron chi connectivity index (χ4n) is 3.21. The smallest absolute Gasteiger partial charge is 0.0480 e. The predicted molar refractivity (Wildman–Crippen MR) is 75.9 cm³/mol. The molecule has 1 heterocycles. The van der Waals surface area contributed by atoms with Gasteiger partial charge in [0.05, 0.1) is 0 Å². The molecule has 2 aliphatic rings. The minimum Gasteiger partial charge on any atom is -0.381 e. The van der Waals surface area contributed by atoms with Gasteiger partial charge in [0.2, 0.25) is 0 Å². The first-order valence-corrected chi connectivity index (χ1v) is 7.64. The van der Waals surface area contributed by atoms with E-state index in [1.54, 1.807) is 0 Å². The molecule has 0 amide bonds. The first-order chi connectivity index (χ1) is 8.53. The van der Waals surface area contributed by atoms with Crippen LogP contribution in [0, 0.1) is 0 Å². The van der Waals surface area contributed by atoms with Crippen molar-refractivity contribution in [1.29, 1.82) is 0 Å². The Labute approximate surface area is 112 Å². The maximum atomic E-state index is 5.41. The fourth-order valence-corrected chi connectivity index (χ4v) is 3.21. The van der Waals surface area contributed by atoms with E-state index in [1.165, 1.54) is 38.5 Å². The van der Waals surface area contributed by atoms with Crippen molar-refractivity contribution < 1.29 is 4.74 Å². The standard InChI is InChI=1S/C15H30N2O/c1-15(2,3)17-14-6-4-12(5-7-14)16-13-8-10-18-11-9-13/h12-14,16-17H,4-11H2,1-3H3/t12-,14-. The van der Waals surface area contributed by atoms with Gasteiger partial charge in [-0.2, -0.15) is 0 Å². The second kappa shape index (κ2) is 6.36. The van der Waals surface area contributed by atoms with Crippen molar-refractivity contribution in [2.45, 2.75) is 83.0 Å². The monoisotopic (exact) mass is 254 g/mol. The van der Waals surface area contributed by atoms with Crippen LogP contribution in [0.15, 0.2) is 0 Å². The largest absolute Gasteiger partial charge is 0.381 e. The van der Waals surface area contributed by atoms with Crippen molar-refractivity contribution in [3.8, 4) is 0 Å². The molecular formula is C15H30N2O. The molecule has 3 nitrogen and oxygen atoms in total. The molecule has 2 N–H and O–H groups in total. The highest BCUT2D eigenvalue weighted by Gasteiger charge is 2.26. The van der Waals surface area contributed by atoms with Gasteiger partial charge in [-0.15, -0.1) is 0 Å². The molecule has 0 aromatic carbocycles. The van der Waals surface area contributed by atoms with Crippen LogP contribution in [0.2, 0.25) is 0 Å². The van der Waals surface area contributed by atoms with Gasteiger partial charge in [-0.05, 0) is 59.3 Å². The molecule has 2 rings (SSSR count). The lowest BCUT2D eigenvalue weighted by molar-refractivity contribution is 0.0724. The maximum absolute atomic E-state index is 5.41. The topological polar surface area (TPSA) is 33.3 Å². The molecule has 3 heteroatoms. The summed E-state index contributed by atoms with van der Waals surface area (Å²) < 4.78 is 5.41. The zero-order chi connectivity index (χ0) is 13.0. The van der Waals surface area contributed by atoms with E-state index in [2.05, 4.69) is 31.4 Å². The van der Waals surface area contributed by atoms with E-state index in [0.29, 0.717) is 6.04 Å². The van der Waals surface area contributed by atoms with Crippen LogP contribution < -0.4 is 10.6 Å². The van der Waals surface area contributed by atoms with Crippen molar-refractivity contribution in [1.82, 2.24) is 10.6 Å². The van der Waals surface area contributed by atoms with Crippen LogP contribution in [0.3, 0.4) is 0 Å². The van der Waals surface area contributed by atoms with Gasteiger partial charge in [-0.25, -0.2) is 0 Å². The molecule has 1 aliphatic carbocycles. The third kappa shape index (κ3) is 4.87. The molecule has 0 aromatic rings. The molecule has 2 fully saturated rings. The van der Waals surface area contributed by atoms with Crippen LogP contribution in [0.5, 0.6) is 0 Å². The SMILES string of the molecule is CC(C)(C)N[C@H]1CC[C@H](NC2CCOCC2)CC1. The van der Waals surface area contributed by atoms with Gasteiger partial charge in [-0.3, -0.25) is 0 Å². The average molecular weight is 254 g/mol. The number of hydrogen-bond donors (Lipinski definition) is 2. The molecule has 0 radical (unpaired) electrons. The van der Waals surface area contributed by atoms with Crippen LogP contribution in [-0.2, 0) is 4.74 Å². The average Bonchev–Trinajstić information content (AvgIpc) is 2.31. The van der Waals surface area contributed by atoms with Crippen molar-refractivity contribution in [3.63, 3.8) is 0 Å². The van der Waals surface area contributed by atoms with Crippen LogP contribution in [-0.4, -0.2) is 36.9 Å². The highest BCUT2D eigenvalue weighted by atomic mass is 16.5. The van der Waals surface area contributed by atoms with E-state index in [9.17, 15) is 0 Å². The molecule has 1 saturated heterocycles. The minimum absolute atomic E-state index is 0.256. The van der Waals surface area contributed by atoms with Crippen molar-refractivity contribution >= 4 is 0 Å². The first kappa shape index (κ1) is 14.3. The van der Waals surface area contributed by atoms with Gasteiger partial charge in [0, 0.05) is 36.9 Å². The lowest BCUT2D eigenvalue weighted by atomic mass is 9.89. The van der Waals surface area contributed by atoms with E-state index in [4.69, 9.17) is 4.74 Å². The van der Waals surface area contributed by atoms with Crippen LogP contribution >= 0.6 is 0 Å². The lowest BCUT2D eigenvalue weighted by Crippen LogP contribution is -2.49. The third-order valence-electron chi connectivity index (χ3n) is 4.06. The van der Waals surface area contributed by atoms with E-state index in [1.807, 2.05) is 0 Å². The van der Waals surface area contributed by atoms with Crippen molar-refractivity contribution in [2.75, 3.05) is 13.2 Å². The third-order valence-corrected chi connectivity index (χ3v) is 4.06. The van der Waals surface area contributed by atoms with E-state index < -0.39 is 0 Å². The normalized spacial score (nSPS) is 31.5. The van der Waals surface area contributed by atoms with E-state index in [-0.39, 0.29) is 5.54 Å². The molecule has 1 aliphatic heterocycles. The zero-order valence-corrected chi connectivity index (χ0v) is 12.3. The Balaban J connectivity index is 1.66. The summed E-state index contributed by atoms with van der Waals surface area (Å²) in [5, 5.41) is 7.57. The molecular weight excluding hydrogens is 224 g/mol. The highest BCUT2D eigenvalue weighted by molar-refractivity contribution is 4.86. The van der Waals surface area contributed by atoms with Crippen LogP contribution in [0.4, 0.5) is 0 Å². The molecule has 1 saturated carbocycles. The molecule has 0 bridgehead atoms. The van der Waals surface area contributed by atoms with Crippen LogP contribution in [0.25, 0.3) is 0 Å². The Morgan fingerprint density at radius 3 is 1.83 bits per heavy atom. The summed E-state index contributed by atoms with van der Waals surface area (Å²) >= 11 is 0. The summed E-state index contributed by atoms with van der Waals surface area (Å²) in [6.45, 7) is 8.68. The van der Waals surface area contributed by atoms with Gasteiger partial charge in [0.15, 0.2) is 0 Å². The van der Waals surface area contributed by atoms with Crippen LogP contribution in [0.1, 0.15) is 59.3 Å². The highest BCUT2D eigenvalue weighted by Crippen LogP contribution is 2.22. The Morgan fingerprint density at radius 2 is 1.28 bits per heavy atom. The summed E-state index contributed by atoms with van der Waals surface area (Å²) in [5.41, 5.74) is 0.256. The number of hydrogen-bond acceptors (Lipinski definition) is 3. The Hall–Kier alpha value is -0.120. The molecule has 106 valence electrons. The van der Waals surface area contributed by atoms with Crippen molar-refractivity contribution in [3.05, 3.63) is 0 Å². The Morgan fingerprint density at radius 1 is 0.778 bits per heavy atom. The second-order valence-electron chi connectivity index (χ2n) is 7.00. The number of ether oxygens (including phenoxy) is 1. The molecule has 0 spiro atoms. The Kier molecular flexibility index (Phi) is 5.05. The van der Waals surface area contributed by atoms with E-state index in [0.717, 1.165) is 25.3 Å². The van der Waals surface area contributed by atoms with Gasteiger partial charge in [-0.1, -0.05) is 0 Å².